The van der Waals surface area contributed by atoms with Gasteiger partial charge in [-0.05, 0) is 64.4 Å². The molecule has 0 aliphatic rings. The molecule has 0 fully saturated rings. The lowest BCUT2D eigenvalue weighted by atomic mass is 10.2. The highest BCUT2D eigenvalue weighted by atomic mass is 127. The van der Waals surface area contributed by atoms with Crippen LogP contribution in [0.15, 0.2) is 60.0 Å². The highest BCUT2D eigenvalue weighted by Crippen LogP contribution is 2.31. The third kappa shape index (κ3) is 2.00. The molecule has 0 unspecified atom stereocenters. The zero-order valence-electron chi connectivity index (χ0n) is 11.9. The minimum atomic E-state index is 0.956. The number of imidazole rings is 1. The van der Waals surface area contributed by atoms with Crippen molar-refractivity contribution in [1.29, 1.82) is 0 Å². The highest BCUT2D eigenvalue weighted by molar-refractivity contribution is 14.1. The maximum Gasteiger partial charge on any atom is 0.156 e. The Kier molecular flexibility index (Phi) is 2.93. The number of para-hydroxylation sites is 2. The Morgan fingerprint density at radius 3 is 2.70 bits per heavy atom. The van der Waals surface area contributed by atoms with E-state index in [2.05, 4.69) is 74.8 Å². The highest BCUT2D eigenvalue weighted by Gasteiger charge is 2.15. The lowest BCUT2D eigenvalue weighted by Gasteiger charge is -2.07. The number of thiophene rings is 1. The lowest BCUT2D eigenvalue weighted by molar-refractivity contribution is 1.17. The molecule has 0 atom stereocenters. The first-order valence-corrected chi connectivity index (χ1v) is 9.17. The van der Waals surface area contributed by atoms with E-state index in [1.807, 2.05) is 12.1 Å². The Hall–Kier alpha value is -1.99. The largest absolute Gasteiger partial charge is 0.275 e. The Morgan fingerprint density at radius 1 is 0.913 bits per heavy atom. The summed E-state index contributed by atoms with van der Waals surface area (Å²) in [5.41, 5.74) is 4.05. The van der Waals surface area contributed by atoms with Crippen LogP contribution in [-0.2, 0) is 0 Å². The molecule has 110 valence electrons. The van der Waals surface area contributed by atoms with Gasteiger partial charge in [0.05, 0.1) is 21.4 Å². The number of benzene rings is 2. The summed E-state index contributed by atoms with van der Waals surface area (Å²) in [6.45, 7) is 0. The summed E-state index contributed by atoms with van der Waals surface area (Å²) in [6, 6.07) is 18.7. The molecule has 0 N–H and O–H groups in total. The zero-order valence-corrected chi connectivity index (χ0v) is 14.9. The van der Waals surface area contributed by atoms with Gasteiger partial charge < -0.3 is 0 Å². The minimum Gasteiger partial charge on any atom is -0.275 e. The molecule has 0 aliphatic carbocycles. The third-order valence-corrected chi connectivity index (χ3v) is 5.48. The van der Waals surface area contributed by atoms with E-state index in [4.69, 9.17) is 9.97 Å². The second kappa shape index (κ2) is 5.01. The van der Waals surface area contributed by atoms with E-state index in [9.17, 15) is 0 Å². The summed E-state index contributed by atoms with van der Waals surface area (Å²) >= 11 is 4.04. The standard InChI is InChI=1S/C18H10IN3S/c19-11-7-8-13-12(10-11)17-21-14-4-1-2-5-15(14)22(17)18(20-13)16-6-3-9-23-16/h1-10H. The first-order valence-electron chi connectivity index (χ1n) is 7.21. The van der Waals surface area contributed by atoms with Gasteiger partial charge in [-0.2, -0.15) is 0 Å². The first kappa shape index (κ1) is 13.4. The van der Waals surface area contributed by atoms with Gasteiger partial charge in [-0.1, -0.05) is 18.2 Å². The maximum atomic E-state index is 4.94. The monoisotopic (exact) mass is 427 g/mol. The molecule has 3 aromatic heterocycles. The Morgan fingerprint density at radius 2 is 1.83 bits per heavy atom. The van der Waals surface area contributed by atoms with Gasteiger partial charge in [0, 0.05) is 8.96 Å². The van der Waals surface area contributed by atoms with Crippen molar-refractivity contribution in [3.63, 3.8) is 0 Å². The topological polar surface area (TPSA) is 30.2 Å². The number of halogens is 1. The molecule has 2 aromatic carbocycles. The van der Waals surface area contributed by atoms with Crippen LogP contribution in [0.25, 0.3) is 38.3 Å². The molecule has 5 rings (SSSR count). The van der Waals surface area contributed by atoms with Crippen LogP contribution in [0, 0.1) is 3.57 Å². The van der Waals surface area contributed by atoms with Crippen molar-refractivity contribution < 1.29 is 0 Å². The van der Waals surface area contributed by atoms with Crippen LogP contribution in [0.5, 0.6) is 0 Å². The first-order chi connectivity index (χ1) is 11.3. The quantitative estimate of drug-likeness (QED) is 0.337. The van der Waals surface area contributed by atoms with Crippen LogP contribution >= 0.6 is 33.9 Å². The zero-order chi connectivity index (χ0) is 15.4. The van der Waals surface area contributed by atoms with E-state index in [-0.39, 0.29) is 0 Å². The maximum absolute atomic E-state index is 4.94. The summed E-state index contributed by atoms with van der Waals surface area (Å²) in [7, 11) is 0. The molecule has 0 aliphatic heterocycles. The van der Waals surface area contributed by atoms with Crippen molar-refractivity contribution in [1.82, 2.24) is 14.4 Å². The number of rotatable bonds is 1. The van der Waals surface area contributed by atoms with Gasteiger partial charge >= 0.3 is 0 Å². The van der Waals surface area contributed by atoms with E-state index in [0.717, 1.165) is 38.3 Å². The Labute approximate surface area is 149 Å². The molecule has 3 nitrogen and oxygen atoms in total. The van der Waals surface area contributed by atoms with Gasteiger partial charge in [-0.3, -0.25) is 4.40 Å². The van der Waals surface area contributed by atoms with Gasteiger partial charge in [-0.15, -0.1) is 11.3 Å². The minimum absolute atomic E-state index is 0.956. The fourth-order valence-electron chi connectivity index (χ4n) is 2.94. The molecule has 0 saturated heterocycles. The number of fused-ring (bicyclic) bond motifs is 5. The summed E-state index contributed by atoms with van der Waals surface area (Å²) in [5.74, 6) is 0.956. The molecular formula is C18H10IN3S. The van der Waals surface area contributed by atoms with Crippen molar-refractivity contribution in [2.24, 2.45) is 0 Å². The van der Waals surface area contributed by atoms with Crippen LogP contribution in [0.1, 0.15) is 0 Å². The van der Waals surface area contributed by atoms with Gasteiger partial charge in [0.1, 0.15) is 5.65 Å². The average molecular weight is 427 g/mol. The van der Waals surface area contributed by atoms with E-state index >= 15 is 0 Å². The van der Waals surface area contributed by atoms with Crippen LogP contribution in [0.3, 0.4) is 0 Å². The number of hydrogen-bond acceptors (Lipinski definition) is 3. The number of hydrogen-bond donors (Lipinski definition) is 0. The van der Waals surface area contributed by atoms with Gasteiger partial charge in [0.25, 0.3) is 0 Å². The Balaban J connectivity index is 2.08. The smallest absolute Gasteiger partial charge is 0.156 e. The van der Waals surface area contributed by atoms with E-state index in [1.54, 1.807) is 11.3 Å². The molecule has 3 heterocycles. The summed E-state index contributed by atoms with van der Waals surface area (Å²) in [4.78, 5) is 11.0. The molecular weight excluding hydrogens is 417 g/mol. The van der Waals surface area contributed by atoms with Crippen molar-refractivity contribution in [3.05, 3.63) is 63.5 Å². The molecule has 23 heavy (non-hydrogen) atoms. The normalized spacial score (nSPS) is 11.7. The third-order valence-electron chi connectivity index (χ3n) is 3.94. The Bertz CT molecular complexity index is 1180. The van der Waals surface area contributed by atoms with Crippen molar-refractivity contribution in [2.75, 3.05) is 0 Å². The summed E-state index contributed by atoms with van der Waals surface area (Å²) < 4.78 is 3.37. The van der Waals surface area contributed by atoms with Crippen LogP contribution < -0.4 is 0 Å². The fourth-order valence-corrected chi connectivity index (χ4v) is 4.14. The predicted molar refractivity (Wildman–Crippen MR) is 104 cm³/mol. The lowest BCUT2D eigenvalue weighted by Crippen LogP contribution is -1.97. The molecule has 0 saturated carbocycles. The van der Waals surface area contributed by atoms with E-state index in [1.165, 1.54) is 3.57 Å². The second-order valence-corrected chi connectivity index (χ2v) is 7.53. The summed E-state index contributed by atoms with van der Waals surface area (Å²) in [5, 5.41) is 3.17. The molecule has 0 spiro atoms. The van der Waals surface area contributed by atoms with Gasteiger partial charge in [0.2, 0.25) is 0 Å². The number of nitrogens with zero attached hydrogens (tertiary/aromatic N) is 3. The van der Waals surface area contributed by atoms with Crippen LogP contribution in [-0.4, -0.2) is 14.4 Å². The van der Waals surface area contributed by atoms with E-state index in [0.29, 0.717) is 0 Å². The van der Waals surface area contributed by atoms with Crippen molar-refractivity contribution >= 4 is 61.5 Å². The van der Waals surface area contributed by atoms with E-state index < -0.39 is 0 Å². The van der Waals surface area contributed by atoms with Crippen LogP contribution in [0.4, 0.5) is 0 Å². The van der Waals surface area contributed by atoms with Crippen molar-refractivity contribution in [2.45, 2.75) is 0 Å². The number of aromatic nitrogens is 3. The molecule has 5 aromatic rings. The molecule has 0 amide bonds. The van der Waals surface area contributed by atoms with Gasteiger partial charge in [-0.25, -0.2) is 9.97 Å². The van der Waals surface area contributed by atoms with Crippen molar-refractivity contribution in [3.8, 4) is 10.7 Å². The second-order valence-electron chi connectivity index (χ2n) is 5.33. The molecule has 5 heteroatoms. The molecule has 0 bridgehead atoms. The summed E-state index contributed by atoms with van der Waals surface area (Å²) in [6.07, 6.45) is 0. The average Bonchev–Trinajstić information content (AvgIpc) is 3.22. The van der Waals surface area contributed by atoms with Crippen LogP contribution in [0.2, 0.25) is 0 Å². The predicted octanol–water partition coefficient (Wildman–Crippen LogP) is 5.37. The molecule has 0 radical (unpaired) electrons. The fraction of sp³-hybridized carbons (Fsp3) is 0. The van der Waals surface area contributed by atoms with Gasteiger partial charge in [0.15, 0.2) is 5.82 Å². The SMILES string of the molecule is Ic1ccc2nc(-c3cccs3)n3c4ccccc4nc3c2c1.